The number of ketones is 1. The lowest BCUT2D eigenvalue weighted by molar-refractivity contribution is -0.112. The van der Waals surface area contributed by atoms with Crippen molar-refractivity contribution in [2.75, 3.05) is 5.32 Å². The first-order chi connectivity index (χ1) is 14.0. The van der Waals surface area contributed by atoms with Gasteiger partial charge in [0, 0.05) is 29.5 Å². The van der Waals surface area contributed by atoms with Crippen molar-refractivity contribution in [1.29, 1.82) is 0 Å². The lowest BCUT2D eigenvalue weighted by atomic mass is 10.0. The first-order valence-corrected chi connectivity index (χ1v) is 9.51. The van der Waals surface area contributed by atoms with Gasteiger partial charge in [0.1, 0.15) is 0 Å². The molecule has 0 radical (unpaired) electrons. The molecule has 0 spiro atoms. The molecule has 4 aromatic rings. The molecule has 6 heteroatoms. The zero-order valence-corrected chi connectivity index (χ0v) is 16.5. The van der Waals surface area contributed by atoms with Crippen LogP contribution in [0.25, 0.3) is 5.52 Å². The van der Waals surface area contributed by atoms with E-state index >= 15 is 0 Å². The smallest absolute Gasteiger partial charge is 0.296 e. The van der Waals surface area contributed by atoms with Gasteiger partial charge >= 0.3 is 0 Å². The van der Waals surface area contributed by atoms with Gasteiger partial charge in [-0.25, -0.2) is 0 Å². The Bertz CT molecular complexity index is 1200. The Hall–Kier alpha value is -3.44. The summed E-state index contributed by atoms with van der Waals surface area (Å²) in [5.41, 5.74) is 4.42. The van der Waals surface area contributed by atoms with E-state index in [0.717, 1.165) is 16.8 Å². The molecule has 0 atom stereocenters. The van der Waals surface area contributed by atoms with Crippen LogP contribution in [0.2, 0.25) is 5.02 Å². The molecule has 0 fully saturated rings. The number of carbonyl (C=O) groups is 2. The van der Waals surface area contributed by atoms with E-state index in [1.165, 1.54) is 6.20 Å². The first kappa shape index (κ1) is 18.9. The van der Waals surface area contributed by atoms with Crippen molar-refractivity contribution >= 4 is 34.5 Å². The number of nitrogens with zero attached hydrogens (tertiary/aromatic N) is 2. The van der Waals surface area contributed by atoms with E-state index in [4.69, 9.17) is 11.6 Å². The number of pyridine rings is 2. The second kappa shape index (κ2) is 7.89. The minimum absolute atomic E-state index is 0.413. The fraction of sp³-hybridized carbons (Fsp3) is 0.0870. The maximum Gasteiger partial charge on any atom is 0.296 e. The maximum atomic E-state index is 13.0. The van der Waals surface area contributed by atoms with Crippen molar-refractivity contribution in [2.24, 2.45) is 0 Å². The Labute approximate surface area is 173 Å². The van der Waals surface area contributed by atoms with Crippen LogP contribution >= 0.6 is 11.6 Å². The highest BCUT2D eigenvalue weighted by Gasteiger charge is 2.25. The fourth-order valence-corrected chi connectivity index (χ4v) is 3.56. The van der Waals surface area contributed by atoms with E-state index in [1.54, 1.807) is 18.3 Å². The topological polar surface area (TPSA) is 63.5 Å². The Balaban J connectivity index is 1.72. The standard InChI is InChI=1S/C23H18ClN3O2/c1-15-20(13-16-7-9-17(24)10-8-16)27-12-3-2-6-19(27)21(15)22(28)23(29)26-18-5-4-11-25-14-18/h2-12,14H,13H2,1H3,(H,26,29). The fourth-order valence-electron chi connectivity index (χ4n) is 3.44. The normalized spacial score (nSPS) is 10.8. The molecular formula is C23H18ClN3O2. The molecule has 3 heterocycles. The summed E-state index contributed by atoms with van der Waals surface area (Å²) < 4.78 is 1.97. The summed E-state index contributed by atoms with van der Waals surface area (Å²) >= 11 is 5.99. The Morgan fingerprint density at radius 3 is 2.59 bits per heavy atom. The molecular weight excluding hydrogens is 386 g/mol. The number of carbonyl (C=O) groups excluding carboxylic acids is 2. The summed E-state index contributed by atoms with van der Waals surface area (Å²) in [6, 6.07) is 16.6. The number of hydrogen-bond acceptors (Lipinski definition) is 3. The van der Waals surface area contributed by atoms with Gasteiger partial charge in [-0.3, -0.25) is 14.6 Å². The Morgan fingerprint density at radius 1 is 1.07 bits per heavy atom. The Morgan fingerprint density at radius 2 is 1.86 bits per heavy atom. The third kappa shape index (κ3) is 3.77. The van der Waals surface area contributed by atoms with Crippen LogP contribution in [0.5, 0.6) is 0 Å². The summed E-state index contributed by atoms with van der Waals surface area (Å²) in [7, 11) is 0. The highest BCUT2D eigenvalue weighted by Crippen LogP contribution is 2.26. The SMILES string of the molecule is Cc1c(C(=O)C(=O)Nc2cccnc2)c2ccccn2c1Cc1ccc(Cl)cc1. The average molecular weight is 404 g/mol. The minimum Gasteiger partial charge on any atom is -0.320 e. The van der Waals surface area contributed by atoms with Gasteiger partial charge in [0.25, 0.3) is 11.7 Å². The number of rotatable bonds is 5. The molecule has 0 aliphatic carbocycles. The molecule has 1 N–H and O–H groups in total. The van der Waals surface area contributed by atoms with E-state index in [0.29, 0.717) is 28.2 Å². The first-order valence-electron chi connectivity index (χ1n) is 9.13. The van der Waals surface area contributed by atoms with Crippen LogP contribution in [0.3, 0.4) is 0 Å². The quantitative estimate of drug-likeness (QED) is 0.387. The number of amides is 1. The number of hydrogen-bond donors (Lipinski definition) is 1. The van der Waals surface area contributed by atoms with Gasteiger partial charge in [0.05, 0.1) is 23.0 Å². The second-order valence-corrected chi connectivity index (χ2v) is 7.17. The number of anilines is 1. The molecule has 0 aliphatic rings. The predicted octanol–water partition coefficient (Wildman–Crippen LogP) is 4.71. The van der Waals surface area contributed by atoms with E-state index in [-0.39, 0.29) is 0 Å². The molecule has 1 amide bonds. The van der Waals surface area contributed by atoms with Crippen LogP contribution < -0.4 is 5.32 Å². The third-order valence-corrected chi connectivity index (χ3v) is 5.10. The summed E-state index contributed by atoms with van der Waals surface area (Å²) in [6.07, 6.45) is 5.63. The number of benzene rings is 1. The summed E-state index contributed by atoms with van der Waals surface area (Å²) in [6.45, 7) is 1.88. The monoisotopic (exact) mass is 403 g/mol. The zero-order valence-electron chi connectivity index (χ0n) is 15.7. The molecule has 4 rings (SSSR count). The van der Waals surface area contributed by atoms with Crippen LogP contribution in [-0.2, 0) is 11.2 Å². The molecule has 0 saturated carbocycles. The van der Waals surface area contributed by atoms with Crippen molar-refractivity contribution in [1.82, 2.24) is 9.38 Å². The number of aromatic nitrogens is 2. The molecule has 0 aliphatic heterocycles. The summed E-state index contributed by atoms with van der Waals surface area (Å²) in [4.78, 5) is 29.6. The minimum atomic E-state index is -0.685. The van der Waals surface area contributed by atoms with Crippen molar-refractivity contribution in [3.05, 3.63) is 101 Å². The molecule has 3 aromatic heterocycles. The third-order valence-electron chi connectivity index (χ3n) is 4.85. The van der Waals surface area contributed by atoms with Gasteiger partial charge in [-0.2, -0.15) is 0 Å². The van der Waals surface area contributed by atoms with E-state index in [2.05, 4.69) is 10.3 Å². The molecule has 29 heavy (non-hydrogen) atoms. The Kier molecular flexibility index (Phi) is 5.14. The number of fused-ring (bicyclic) bond motifs is 1. The summed E-state index contributed by atoms with van der Waals surface area (Å²) in [5, 5.41) is 3.30. The average Bonchev–Trinajstić information content (AvgIpc) is 3.01. The van der Waals surface area contributed by atoms with Gasteiger partial charge in [0.15, 0.2) is 0 Å². The van der Waals surface area contributed by atoms with Crippen LogP contribution in [0.1, 0.15) is 27.2 Å². The van der Waals surface area contributed by atoms with Crippen LogP contribution in [0, 0.1) is 6.92 Å². The molecule has 0 saturated heterocycles. The maximum absolute atomic E-state index is 13.0. The van der Waals surface area contributed by atoms with Gasteiger partial charge in [-0.05, 0) is 54.4 Å². The number of nitrogens with one attached hydrogen (secondary N) is 1. The van der Waals surface area contributed by atoms with E-state index < -0.39 is 11.7 Å². The summed E-state index contributed by atoms with van der Waals surface area (Å²) in [5.74, 6) is -1.26. The van der Waals surface area contributed by atoms with Crippen molar-refractivity contribution in [2.45, 2.75) is 13.3 Å². The lowest BCUT2D eigenvalue weighted by Gasteiger charge is -2.05. The van der Waals surface area contributed by atoms with Gasteiger partial charge in [-0.1, -0.05) is 29.8 Å². The van der Waals surface area contributed by atoms with Gasteiger partial charge < -0.3 is 9.72 Å². The highest BCUT2D eigenvalue weighted by atomic mass is 35.5. The largest absolute Gasteiger partial charge is 0.320 e. The van der Waals surface area contributed by atoms with E-state index in [1.807, 2.05) is 60.0 Å². The lowest BCUT2D eigenvalue weighted by Crippen LogP contribution is -2.23. The number of Topliss-reactive ketones (excluding diaryl/α,β-unsaturated/α-hetero) is 1. The van der Waals surface area contributed by atoms with Crippen molar-refractivity contribution < 1.29 is 9.59 Å². The van der Waals surface area contributed by atoms with Crippen molar-refractivity contribution in [3.8, 4) is 0 Å². The predicted molar refractivity (Wildman–Crippen MR) is 114 cm³/mol. The molecule has 1 aromatic carbocycles. The van der Waals surface area contributed by atoms with E-state index in [9.17, 15) is 9.59 Å². The van der Waals surface area contributed by atoms with Gasteiger partial charge in [-0.15, -0.1) is 0 Å². The van der Waals surface area contributed by atoms with Crippen molar-refractivity contribution in [3.63, 3.8) is 0 Å². The molecule has 5 nitrogen and oxygen atoms in total. The van der Waals surface area contributed by atoms with Gasteiger partial charge in [0.2, 0.25) is 0 Å². The highest BCUT2D eigenvalue weighted by molar-refractivity contribution is 6.48. The molecule has 0 unspecified atom stereocenters. The number of halogens is 1. The molecule has 144 valence electrons. The van der Waals surface area contributed by atoms with Crippen LogP contribution in [0.4, 0.5) is 5.69 Å². The van der Waals surface area contributed by atoms with Crippen LogP contribution in [0.15, 0.2) is 73.2 Å². The second-order valence-electron chi connectivity index (χ2n) is 6.73. The molecule has 0 bridgehead atoms. The van der Waals surface area contributed by atoms with Crippen LogP contribution in [-0.4, -0.2) is 21.1 Å². The zero-order chi connectivity index (χ0) is 20.4.